The van der Waals surface area contributed by atoms with Crippen LogP contribution in [0.5, 0.6) is 0 Å². The zero-order chi connectivity index (χ0) is 13.4. The highest BCUT2D eigenvalue weighted by atomic mass is 32.2. The number of nitrogens with zero attached hydrogens (tertiary/aromatic N) is 1. The maximum Gasteiger partial charge on any atom is 0.237 e. The Kier molecular flexibility index (Phi) is 3.54. The van der Waals surface area contributed by atoms with Gasteiger partial charge in [-0.2, -0.15) is 0 Å². The zero-order valence-corrected chi connectivity index (χ0v) is 11.9. The predicted octanol–water partition coefficient (Wildman–Crippen LogP) is 3.12. The average Bonchev–Trinajstić information content (AvgIpc) is 2.91. The molecule has 1 heterocycles. The number of benzene rings is 1. The van der Waals surface area contributed by atoms with E-state index in [9.17, 15) is 9.90 Å². The molecule has 1 amide bonds. The van der Waals surface area contributed by atoms with Crippen molar-refractivity contribution in [1.29, 1.82) is 0 Å². The molecule has 0 bridgehead atoms. The summed E-state index contributed by atoms with van der Waals surface area (Å²) in [5, 5.41) is 9.66. The maximum atomic E-state index is 12.2. The minimum atomic E-state index is -0.455. The first-order valence-electron chi connectivity index (χ1n) is 6.93. The van der Waals surface area contributed by atoms with Crippen LogP contribution in [-0.2, 0) is 4.79 Å². The lowest BCUT2D eigenvalue weighted by Gasteiger charge is -2.34. The molecule has 1 aromatic rings. The highest BCUT2D eigenvalue weighted by Gasteiger charge is 2.32. The third-order valence-corrected chi connectivity index (χ3v) is 5.06. The van der Waals surface area contributed by atoms with Gasteiger partial charge >= 0.3 is 0 Å². The number of carbonyl (C=O) groups is 1. The molecular formula is C15H19NO2S. The van der Waals surface area contributed by atoms with E-state index in [0.717, 1.165) is 29.0 Å². The van der Waals surface area contributed by atoms with Crippen LogP contribution in [0.25, 0.3) is 0 Å². The van der Waals surface area contributed by atoms with Gasteiger partial charge in [0.05, 0.1) is 17.5 Å². The molecule has 3 rings (SSSR count). The third kappa shape index (κ3) is 2.39. The van der Waals surface area contributed by atoms with Gasteiger partial charge in [-0.3, -0.25) is 4.79 Å². The maximum absolute atomic E-state index is 12.2. The summed E-state index contributed by atoms with van der Waals surface area (Å²) in [6.07, 6.45) is 4.23. The minimum absolute atomic E-state index is 0.231. The van der Waals surface area contributed by atoms with Gasteiger partial charge in [-0.25, -0.2) is 0 Å². The van der Waals surface area contributed by atoms with Crippen molar-refractivity contribution in [2.45, 2.75) is 49.6 Å². The smallest absolute Gasteiger partial charge is 0.237 e. The Hall–Kier alpha value is -1.00. The van der Waals surface area contributed by atoms with Crippen LogP contribution in [-0.4, -0.2) is 22.8 Å². The first-order valence-corrected chi connectivity index (χ1v) is 7.92. The molecule has 0 spiro atoms. The topological polar surface area (TPSA) is 40.5 Å². The van der Waals surface area contributed by atoms with Gasteiger partial charge < -0.3 is 10.0 Å². The van der Waals surface area contributed by atoms with Gasteiger partial charge in [-0.1, -0.05) is 18.9 Å². The van der Waals surface area contributed by atoms with Gasteiger partial charge in [0.1, 0.15) is 0 Å². The molecule has 3 nitrogen and oxygen atoms in total. The van der Waals surface area contributed by atoms with E-state index in [1.807, 2.05) is 23.1 Å². The standard InChI is InChI=1S/C15H19NO2S/c1-10(17)11-6-7-13-14(8-11)19-9-15(18)16(13)12-4-2-3-5-12/h6-8,10,12,17H,2-5,9H2,1H3. The summed E-state index contributed by atoms with van der Waals surface area (Å²) >= 11 is 1.59. The number of amides is 1. The number of aliphatic hydroxyl groups is 1. The van der Waals surface area contributed by atoms with Crippen molar-refractivity contribution in [2.24, 2.45) is 0 Å². The number of thioether (sulfide) groups is 1. The van der Waals surface area contributed by atoms with Crippen LogP contribution in [0.3, 0.4) is 0 Å². The molecule has 1 saturated carbocycles. The Bertz CT molecular complexity index is 495. The second-order valence-corrected chi connectivity index (χ2v) is 6.41. The Balaban J connectivity index is 1.97. The number of hydrogen-bond acceptors (Lipinski definition) is 3. The lowest BCUT2D eigenvalue weighted by atomic mass is 10.1. The van der Waals surface area contributed by atoms with E-state index >= 15 is 0 Å². The molecule has 1 atom stereocenters. The summed E-state index contributed by atoms with van der Waals surface area (Å²) in [5.74, 6) is 0.751. The monoisotopic (exact) mass is 277 g/mol. The molecule has 0 aromatic heterocycles. The van der Waals surface area contributed by atoms with Crippen LogP contribution < -0.4 is 4.90 Å². The highest BCUT2D eigenvalue weighted by molar-refractivity contribution is 8.00. The normalized spacial score (nSPS) is 21.6. The predicted molar refractivity (Wildman–Crippen MR) is 77.5 cm³/mol. The molecule has 0 radical (unpaired) electrons. The van der Waals surface area contributed by atoms with E-state index in [2.05, 4.69) is 0 Å². The highest BCUT2D eigenvalue weighted by Crippen LogP contribution is 2.40. The summed E-state index contributed by atoms with van der Waals surface area (Å²) in [5.41, 5.74) is 1.96. The van der Waals surface area contributed by atoms with Crippen molar-refractivity contribution in [3.05, 3.63) is 23.8 Å². The molecule has 1 aliphatic heterocycles. The van der Waals surface area contributed by atoms with Crippen molar-refractivity contribution >= 4 is 23.4 Å². The van der Waals surface area contributed by atoms with Gasteiger partial charge in [0, 0.05) is 10.9 Å². The van der Waals surface area contributed by atoms with Crippen LogP contribution >= 0.6 is 11.8 Å². The summed E-state index contributed by atoms with van der Waals surface area (Å²) in [7, 11) is 0. The number of rotatable bonds is 2. The number of aliphatic hydroxyl groups excluding tert-OH is 1. The Morgan fingerprint density at radius 3 is 2.79 bits per heavy atom. The molecular weight excluding hydrogens is 258 g/mol. The van der Waals surface area contributed by atoms with Gasteiger partial charge in [-0.15, -0.1) is 11.8 Å². The molecule has 4 heteroatoms. The second-order valence-electron chi connectivity index (χ2n) is 5.39. The lowest BCUT2D eigenvalue weighted by molar-refractivity contribution is -0.116. The Morgan fingerprint density at radius 1 is 1.37 bits per heavy atom. The fraction of sp³-hybridized carbons (Fsp3) is 0.533. The average molecular weight is 277 g/mol. The second kappa shape index (κ2) is 5.17. The fourth-order valence-electron chi connectivity index (χ4n) is 3.01. The van der Waals surface area contributed by atoms with Crippen LogP contribution in [0.2, 0.25) is 0 Å². The van der Waals surface area contributed by atoms with E-state index in [1.54, 1.807) is 18.7 Å². The van der Waals surface area contributed by atoms with Crippen LogP contribution in [0.15, 0.2) is 23.1 Å². The van der Waals surface area contributed by atoms with E-state index in [1.165, 1.54) is 12.8 Å². The quantitative estimate of drug-likeness (QED) is 0.903. The molecule has 2 aliphatic rings. The van der Waals surface area contributed by atoms with Crippen molar-refractivity contribution in [1.82, 2.24) is 0 Å². The van der Waals surface area contributed by atoms with Crippen molar-refractivity contribution in [3.8, 4) is 0 Å². The van der Waals surface area contributed by atoms with E-state index in [-0.39, 0.29) is 5.91 Å². The van der Waals surface area contributed by atoms with E-state index in [4.69, 9.17) is 0 Å². The summed E-state index contributed by atoms with van der Waals surface area (Å²) in [6, 6.07) is 6.34. The largest absolute Gasteiger partial charge is 0.389 e. The molecule has 1 fully saturated rings. The lowest BCUT2D eigenvalue weighted by Crippen LogP contribution is -2.42. The molecule has 1 unspecified atom stereocenters. The van der Waals surface area contributed by atoms with E-state index < -0.39 is 6.10 Å². The van der Waals surface area contributed by atoms with Gasteiger partial charge in [0.15, 0.2) is 0 Å². The van der Waals surface area contributed by atoms with Crippen molar-refractivity contribution in [3.63, 3.8) is 0 Å². The minimum Gasteiger partial charge on any atom is -0.389 e. The summed E-state index contributed by atoms with van der Waals surface area (Å²) < 4.78 is 0. The number of fused-ring (bicyclic) bond motifs is 1. The van der Waals surface area contributed by atoms with Crippen LogP contribution in [0.1, 0.15) is 44.3 Å². The molecule has 1 aromatic carbocycles. The van der Waals surface area contributed by atoms with Gasteiger partial charge in [0.25, 0.3) is 0 Å². The number of hydrogen-bond donors (Lipinski definition) is 1. The van der Waals surface area contributed by atoms with Crippen LogP contribution in [0, 0.1) is 0 Å². The Labute approximate surface area is 118 Å². The summed E-state index contributed by atoms with van der Waals surface area (Å²) in [6.45, 7) is 1.77. The fourth-order valence-corrected chi connectivity index (χ4v) is 3.96. The molecule has 1 N–H and O–H groups in total. The van der Waals surface area contributed by atoms with Gasteiger partial charge in [-0.05, 0) is 37.5 Å². The van der Waals surface area contributed by atoms with Crippen LogP contribution in [0.4, 0.5) is 5.69 Å². The van der Waals surface area contributed by atoms with Gasteiger partial charge in [0.2, 0.25) is 5.91 Å². The number of carbonyl (C=O) groups excluding carboxylic acids is 1. The molecule has 0 saturated heterocycles. The van der Waals surface area contributed by atoms with Crippen molar-refractivity contribution < 1.29 is 9.90 Å². The van der Waals surface area contributed by atoms with Crippen molar-refractivity contribution in [2.75, 3.05) is 10.7 Å². The van der Waals surface area contributed by atoms with E-state index in [0.29, 0.717) is 11.8 Å². The number of anilines is 1. The third-order valence-electron chi connectivity index (χ3n) is 4.04. The molecule has 102 valence electrons. The Morgan fingerprint density at radius 2 is 2.11 bits per heavy atom. The first kappa shape index (κ1) is 13.0. The first-order chi connectivity index (χ1) is 9.16. The SMILES string of the molecule is CC(O)c1ccc2c(c1)SCC(=O)N2C1CCCC1. The summed E-state index contributed by atoms with van der Waals surface area (Å²) in [4.78, 5) is 15.4. The zero-order valence-electron chi connectivity index (χ0n) is 11.1. The molecule has 19 heavy (non-hydrogen) atoms. The molecule has 1 aliphatic carbocycles.